The van der Waals surface area contributed by atoms with Gasteiger partial charge in [0.2, 0.25) is 5.91 Å². The Morgan fingerprint density at radius 3 is 2.23 bits per heavy atom. The first-order valence-corrected chi connectivity index (χ1v) is 8.63. The molecule has 3 aliphatic heterocycles. The van der Waals surface area contributed by atoms with Gasteiger partial charge < -0.3 is 20.1 Å². The van der Waals surface area contributed by atoms with Crippen molar-refractivity contribution in [3.63, 3.8) is 0 Å². The number of hydrogen-bond donors (Lipinski definition) is 1. The van der Waals surface area contributed by atoms with Crippen LogP contribution in [0.25, 0.3) is 0 Å². The molecule has 3 rings (SSSR count). The summed E-state index contributed by atoms with van der Waals surface area (Å²) < 4.78 is 10.8. The van der Waals surface area contributed by atoms with Crippen LogP contribution in [0.1, 0.15) is 25.7 Å². The second kappa shape index (κ2) is 7.25. The molecule has 3 saturated heterocycles. The summed E-state index contributed by atoms with van der Waals surface area (Å²) in [5.74, 6) is 0.883. The van der Waals surface area contributed by atoms with Gasteiger partial charge in [-0.2, -0.15) is 0 Å². The number of piperazine rings is 1. The van der Waals surface area contributed by atoms with Crippen molar-refractivity contribution in [1.29, 1.82) is 0 Å². The fraction of sp³-hybridized carbons (Fsp3) is 0.938. The third-order valence-corrected chi connectivity index (χ3v) is 5.33. The van der Waals surface area contributed by atoms with E-state index in [1.165, 1.54) is 12.8 Å². The molecule has 0 bridgehead atoms. The Morgan fingerprint density at radius 2 is 1.59 bits per heavy atom. The molecule has 0 unspecified atom stereocenters. The van der Waals surface area contributed by atoms with Crippen LogP contribution in [0.15, 0.2) is 0 Å². The van der Waals surface area contributed by atoms with Crippen LogP contribution in [0.4, 0.5) is 0 Å². The lowest BCUT2D eigenvalue weighted by Crippen LogP contribution is -2.61. The van der Waals surface area contributed by atoms with Crippen LogP contribution in [-0.2, 0) is 14.3 Å². The summed E-state index contributed by atoms with van der Waals surface area (Å²) in [5, 5.41) is 0. The van der Waals surface area contributed by atoms with E-state index >= 15 is 0 Å². The van der Waals surface area contributed by atoms with Gasteiger partial charge in [-0.25, -0.2) is 0 Å². The van der Waals surface area contributed by atoms with Crippen molar-refractivity contribution >= 4 is 5.91 Å². The van der Waals surface area contributed by atoms with E-state index in [1.807, 2.05) is 4.90 Å². The topological polar surface area (TPSA) is 68.0 Å². The van der Waals surface area contributed by atoms with Crippen molar-refractivity contribution in [2.24, 2.45) is 11.7 Å². The molecule has 6 nitrogen and oxygen atoms in total. The maximum atomic E-state index is 12.7. The minimum Gasteiger partial charge on any atom is -0.381 e. The number of nitrogens with zero attached hydrogens (tertiary/aromatic N) is 2. The highest BCUT2D eigenvalue weighted by atomic mass is 16.5. The fourth-order valence-electron chi connectivity index (χ4n) is 3.69. The van der Waals surface area contributed by atoms with Crippen LogP contribution in [0.5, 0.6) is 0 Å². The van der Waals surface area contributed by atoms with Crippen molar-refractivity contribution in [2.45, 2.75) is 31.2 Å². The molecule has 126 valence electrons. The third kappa shape index (κ3) is 3.79. The monoisotopic (exact) mass is 311 g/mol. The van der Waals surface area contributed by atoms with E-state index in [0.29, 0.717) is 26.1 Å². The average molecular weight is 311 g/mol. The van der Waals surface area contributed by atoms with E-state index in [0.717, 1.165) is 51.9 Å². The maximum Gasteiger partial charge on any atom is 0.242 e. The smallest absolute Gasteiger partial charge is 0.242 e. The van der Waals surface area contributed by atoms with Crippen LogP contribution in [0, 0.1) is 5.92 Å². The fourth-order valence-corrected chi connectivity index (χ4v) is 3.69. The molecule has 0 aromatic rings. The molecule has 0 aromatic carbocycles. The summed E-state index contributed by atoms with van der Waals surface area (Å²) in [4.78, 5) is 17.1. The number of carbonyl (C=O) groups excluding carboxylic acids is 1. The van der Waals surface area contributed by atoms with Gasteiger partial charge in [-0.1, -0.05) is 0 Å². The van der Waals surface area contributed by atoms with Crippen molar-refractivity contribution in [3.05, 3.63) is 0 Å². The van der Waals surface area contributed by atoms with Gasteiger partial charge in [0.25, 0.3) is 0 Å². The lowest BCUT2D eigenvalue weighted by molar-refractivity contribution is -0.142. The molecular weight excluding hydrogens is 282 g/mol. The average Bonchev–Trinajstić information content (AvgIpc) is 2.56. The van der Waals surface area contributed by atoms with Gasteiger partial charge in [0.1, 0.15) is 0 Å². The molecule has 2 N–H and O–H groups in total. The van der Waals surface area contributed by atoms with Crippen molar-refractivity contribution in [1.82, 2.24) is 9.80 Å². The highest BCUT2D eigenvalue weighted by Crippen LogP contribution is 2.22. The number of carbonyl (C=O) groups is 1. The number of amides is 1. The van der Waals surface area contributed by atoms with Gasteiger partial charge in [-0.05, 0) is 31.6 Å². The van der Waals surface area contributed by atoms with Gasteiger partial charge in [-0.3, -0.25) is 9.69 Å². The van der Waals surface area contributed by atoms with E-state index in [4.69, 9.17) is 15.2 Å². The molecular formula is C16H29N3O3. The minimum atomic E-state index is -0.693. The Hall–Kier alpha value is -0.690. The van der Waals surface area contributed by atoms with Crippen LogP contribution < -0.4 is 5.73 Å². The van der Waals surface area contributed by atoms with Crippen molar-refractivity contribution in [2.75, 3.05) is 59.2 Å². The molecule has 0 aromatic heterocycles. The van der Waals surface area contributed by atoms with Gasteiger partial charge in [-0.15, -0.1) is 0 Å². The maximum absolute atomic E-state index is 12.7. The molecule has 0 radical (unpaired) electrons. The summed E-state index contributed by atoms with van der Waals surface area (Å²) >= 11 is 0. The van der Waals surface area contributed by atoms with Gasteiger partial charge in [0.15, 0.2) is 0 Å². The van der Waals surface area contributed by atoms with Gasteiger partial charge in [0, 0.05) is 59.2 Å². The van der Waals surface area contributed by atoms with Crippen LogP contribution in [0.3, 0.4) is 0 Å². The molecule has 1 amide bonds. The molecule has 0 saturated carbocycles. The zero-order valence-corrected chi connectivity index (χ0v) is 13.5. The molecule has 0 aliphatic carbocycles. The second-order valence-electron chi connectivity index (χ2n) is 6.92. The van der Waals surface area contributed by atoms with Crippen LogP contribution in [0.2, 0.25) is 0 Å². The molecule has 0 atom stereocenters. The molecule has 22 heavy (non-hydrogen) atoms. The molecule has 6 heteroatoms. The summed E-state index contributed by atoms with van der Waals surface area (Å²) in [6.45, 7) is 7.71. The van der Waals surface area contributed by atoms with Gasteiger partial charge in [0.05, 0.1) is 5.54 Å². The van der Waals surface area contributed by atoms with E-state index in [-0.39, 0.29) is 5.91 Å². The largest absolute Gasteiger partial charge is 0.381 e. The number of hydrogen-bond acceptors (Lipinski definition) is 5. The van der Waals surface area contributed by atoms with E-state index in [1.54, 1.807) is 0 Å². The molecule has 3 aliphatic rings. The van der Waals surface area contributed by atoms with E-state index < -0.39 is 5.54 Å². The Bertz CT molecular complexity index is 371. The SMILES string of the molecule is NC1(C(=O)N2CCN(CC3CCOCC3)CC2)CCOCC1. The van der Waals surface area contributed by atoms with Gasteiger partial charge >= 0.3 is 0 Å². The second-order valence-corrected chi connectivity index (χ2v) is 6.92. The summed E-state index contributed by atoms with van der Waals surface area (Å²) in [6.07, 6.45) is 3.64. The standard InChI is InChI=1S/C16H29N3O3/c17-16(3-11-22-12-4-16)15(20)19-7-5-18(6-8-19)13-14-1-9-21-10-2-14/h14H,1-13,17H2. The Kier molecular flexibility index (Phi) is 5.33. The van der Waals surface area contributed by atoms with Crippen molar-refractivity contribution < 1.29 is 14.3 Å². The summed E-state index contributed by atoms with van der Waals surface area (Å²) in [5.41, 5.74) is 5.63. The quantitative estimate of drug-likeness (QED) is 0.798. The predicted octanol–water partition coefficient (Wildman–Crippen LogP) is 0.0651. The molecule has 3 fully saturated rings. The van der Waals surface area contributed by atoms with E-state index in [9.17, 15) is 4.79 Å². The first-order valence-electron chi connectivity index (χ1n) is 8.63. The normalized spacial score (nSPS) is 27.8. The minimum absolute atomic E-state index is 0.126. The first kappa shape index (κ1) is 16.2. The summed E-state index contributed by atoms with van der Waals surface area (Å²) in [7, 11) is 0. The Morgan fingerprint density at radius 1 is 1.00 bits per heavy atom. The lowest BCUT2D eigenvalue weighted by atomic mass is 9.89. The zero-order chi connectivity index (χ0) is 15.4. The highest BCUT2D eigenvalue weighted by Gasteiger charge is 2.39. The lowest BCUT2D eigenvalue weighted by Gasteiger charge is -2.41. The zero-order valence-electron chi connectivity index (χ0n) is 13.5. The Balaban J connectivity index is 1.45. The van der Waals surface area contributed by atoms with Crippen molar-refractivity contribution in [3.8, 4) is 0 Å². The number of rotatable bonds is 3. The predicted molar refractivity (Wildman–Crippen MR) is 83.5 cm³/mol. The first-order chi connectivity index (χ1) is 10.7. The number of nitrogens with two attached hydrogens (primary N) is 1. The Labute approximate surface area is 132 Å². The number of ether oxygens (including phenoxy) is 2. The molecule has 0 spiro atoms. The van der Waals surface area contributed by atoms with Crippen LogP contribution in [-0.4, -0.2) is 80.4 Å². The molecule has 3 heterocycles. The highest BCUT2D eigenvalue weighted by molar-refractivity contribution is 5.86. The third-order valence-electron chi connectivity index (χ3n) is 5.33. The van der Waals surface area contributed by atoms with Crippen LogP contribution >= 0.6 is 0 Å². The van der Waals surface area contributed by atoms with E-state index in [2.05, 4.69) is 4.90 Å². The summed E-state index contributed by atoms with van der Waals surface area (Å²) in [6, 6.07) is 0.